The number of carbonyl (C=O) groups is 1. The first-order chi connectivity index (χ1) is 12.5. The predicted octanol–water partition coefficient (Wildman–Crippen LogP) is 5.02. The molecule has 0 radical (unpaired) electrons. The summed E-state index contributed by atoms with van der Waals surface area (Å²) in [6.07, 6.45) is 0.829. The second kappa shape index (κ2) is 7.03. The van der Waals surface area contributed by atoms with Gasteiger partial charge in [-0.3, -0.25) is 4.79 Å². The number of ether oxygens (including phenoxy) is 1. The molecule has 1 aliphatic heterocycles. The summed E-state index contributed by atoms with van der Waals surface area (Å²) in [5.41, 5.74) is 4.67. The highest BCUT2D eigenvalue weighted by Gasteiger charge is 2.25. The molecule has 1 unspecified atom stereocenters. The summed E-state index contributed by atoms with van der Waals surface area (Å²) in [5.74, 6) is 0.891. The quantitative estimate of drug-likeness (QED) is 0.830. The molecule has 1 N–H and O–H groups in total. The van der Waals surface area contributed by atoms with Gasteiger partial charge in [0.1, 0.15) is 11.9 Å². The van der Waals surface area contributed by atoms with Crippen molar-refractivity contribution < 1.29 is 9.53 Å². The van der Waals surface area contributed by atoms with Crippen LogP contribution in [0.25, 0.3) is 0 Å². The van der Waals surface area contributed by atoms with Gasteiger partial charge in [-0.05, 0) is 45.7 Å². The van der Waals surface area contributed by atoms with Crippen molar-refractivity contribution in [2.75, 3.05) is 6.54 Å². The summed E-state index contributed by atoms with van der Waals surface area (Å²) >= 11 is 0. The monoisotopic (exact) mass is 365 g/mol. The maximum absolute atomic E-state index is 12.5. The van der Waals surface area contributed by atoms with Gasteiger partial charge in [0.2, 0.25) is 0 Å². The Labute approximate surface area is 163 Å². The van der Waals surface area contributed by atoms with Crippen LogP contribution in [0.1, 0.15) is 68.6 Å². The van der Waals surface area contributed by atoms with Gasteiger partial charge >= 0.3 is 0 Å². The Balaban J connectivity index is 1.58. The fourth-order valence-electron chi connectivity index (χ4n) is 3.33. The standard InChI is InChI=1S/C24H31NO2/c1-23(2,3)18-9-7-16(8-10-18)22(26)25-15-20-14-17-13-19(24(4,5)6)11-12-21(17)27-20/h7-13,20H,14-15H2,1-6H3,(H,25,26). The van der Waals surface area contributed by atoms with E-state index >= 15 is 0 Å². The highest BCUT2D eigenvalue weighted by molar-refractivity contribution is 5.94. The van der Waals surface area contributed by atoms with Crippen molar-refractivity contribution in [3.8, 4) is 5.75 Å². The van der Waals surface area contributed by atoms with Crippen LogP contribution in [0, 0.1) is 0 Å². The minimum atomic E-state index is -0.0506. The van der Waals surface area contributed by atoms with E-state index in [-0.39, 0.29) is 22.8 Å². The highest BCUT2D eigenvalue weighted by Crippen LogP contribution is 2.33. The summed E-state index contributed by atoms with van der Waals surface area (Å²) in [4.78, 5) is 12.5. The van der Waals surface area contributed by atoms with Crippen LogP contribution in [-0.4, -0.2) is 18.6 Å². The van der Waals surface area contributed by atoms with Crippen LogP contribution in [0.5, 0.6) is 5.75 Å². The van der Waals surface area contributed by atoms with Gasteiger partial charge in [-0.25, -0.2) is 0 Å². The second-order valence-corrected chi connectivity index (χ2v) is 9.55. The molecular formula is C24H31NO2. The van der Waals surface area contributed by atoms with Gasteiger partial charge in [-0.2, -0.15) is 0 Å². The summed E-state index contributed by atoms with van der Waals surface area (Å²) in [6.45, 7) is 13.7. The van der Waals surface area contributed by atoms with Gasteiger partial charge in [-0.15, -0.1) is 0 Å². The number of hydrogen-bond acceptors (Lipinski definition) is 2. The molecule has 27 heavy (non-hydrogen) atoms. The number of rotatable bonds is 3. The van der Waals surface area contributed by atoms with Crippen molar-refractivity contribution in [2.24, 2.45) is 0 Å². The maximum Gasteiger partial charge on any atom is 0.251 e. The van der Waals surface area contributed by atoms with E-state index in [4.69, 9.17) is 4.74 Å². The van der Waals surface area contributed by atoms with Gasteiger partial charge in [0, 0.05) is 12.0 Å². The van der Waals surface area contributed by atoms with E-state index in [1.54, 1.807) is 0 Å². The van der Waals surface area contributed by atoms with Crippen molar-refractivity contribution in [1.82, 2.24) is 5.32 Å². The van der Waals surface area contributed by atoms with E-state index in [1.807, 2.05) is 24.3 Å². The third kappa shape index (κ3) is 4.52. The summed E-state index contributed by atoms with van der Waals surface area (Å²) in [7, 11) is 0. The van der Waals surface area contributed by atoms with E-state index in [0.29, 0.717) is 12.1 Å². The van der Waals surface area contributed by atoms with Crippen LogP contribution in [0.4, 0.5) is 0 Å². The molecule has 2 aromatic carbocycles. The van der Waals surface area contributed by atoms with E-state index in [2.05, 4.69) is 65.1 Å². The van der Waals surface area contributed by atoms with E-state index in [1.165, 1.54) is 16.7 Å². The Kier molecular flexibility index (Phi) is 5.07. The van der Waals surface area contributed by atoms with Crippen molar-refractivity contribution >= 4 is 5.91 Å². The minimum Gasteiger partial charge on any atom is -0.488 e. The SMILES string of the molecule is CC(C)(C)c1ccc(C(=O)NCC2Cc3cc(C(C)(C)C)ccc3O2)cc1. The lowest BCUT2D eigenvalue weighted by atomic mass is 9.86. The number of hydrogen-bond donors (Lipinski definition) is 1. The third-order valence-corrected chi connectivity index (χ3v) is 5.17. The number of carbonyl (C=O) groups excluding carboxylic acids is 1. The number of fused-ring (bicyclic) bond motifs is 1. The Morgan fingerprint density at radius 2 is 1.56 bits per heavy atom. The Morgan fingerprint density at radius 3 is 2.15 bits per heavy atom. The van der Waals surface area contributed by atoms with Crippen molar-refractivity contribution in [3.63, 3.8) is 0 Å². The highest BCUT2D eigenvalue weighted by atomic mass is 16.5. The Bertz CT molecular complexity index is 823. The van der Waals surface area contributed by atoms with Crippen LogP contribution in [0.2, 0.25) is 0 Å². The van der Waals surface area contributed by atoms with Crippen molar-refractivity contribution in [2.45, 2.75) is 64.9 Å². The van der Waals surface area contributed by atoms with Crippen LogP contribution in [-0.2, 0) is 17.3 Å². The molecule has 3 rings (SSSR count). The minimum absolute atomic E-state index is 0.00647. The van der Waals surface area contributed by atoms with E-state index in [0.717, 1.165) is 12.2 Å². The molecule has 0 saturated heterocycles. The van der Waals surface area contributed by atoms with Gasteiger partial charge < -0.3 is 10.1 Å². The molecule has 0 bridgehead atoms. The molecule has 3 nitrogen and oxygen atoms in total. The van der Waals surface area contributed by atoms with Gasteiger partial charge in [0.25, 0.3) is 5.91 Å². The molecule has 1 atom stereocenters. The largest absolute Gasteiger partial charge is 0.488 e. The molecular weight excluding hydrogens is 334 g/mol. The maximum atomic E-state index is 12.5. The Hall–Kier alpha value is -2.29. The topological polar surface area (TPSA) is 38.3 Å². The molecule has 1 amide bonds. The molecule has 1 aliphatic rings. The molecule has 0 aliphatic carbocycles. The molecule has 3 heteroatoms. The third-order valence-electron chi connectivity index (χ3n) is 5.17. The fourth-order valence-corrected chi connectivity index (χ4v) is 3.33. The van der Waals surface area contributed by atoms with E-state index in [9.17, 15) is 4.79 Å². The second-order valence-electron chi connectivity index (χ2n) is 9.55. The number of benzene rings is 2. The predicted molar refractivity (Wildman–Crippen MR) is 111 cm³/mol. The van der Waals surface area contributed by atoms with Crippen LogP contribution < -0.4 is 10.1 Å². The first kappa shape index (κ1) is 19.5. The smallest absolute Gasteiger partial charge is 0.251 e. The molecule has 0 saturated carbocycles. The normalized spacial score (nSPS) is 16.6. The van der Waals surface area contributed by atoms with Crippen LogP contribution in [0.15, 0.2) is 42.5 Å². The average molecular weight is 366 g/mol. The van der Waals surface area contributed by atoms with E-state index < -0.39 is 0 Å². The molecule has 0 aromatic heterocycles. The van der Waals surface area contributed by atoms with Gasteiger partial charge in [-0.1, -0.05) is 65.8 Å². The lowest BCUT2D eigenvalue weighted by Gasteiger charge is -2.19. The summed E-state index contributed by atoms with van der Waals surface area (Å²) < 4.78 is 6.01. The average Bonchev–Trinajstić information content (AvgIpc) is 3.00. The lowest BCUT2D eigenvalue weighted by Crippen LogP contribution is -2.34. The molecule has 1 heterocycles. The first-order valence-electron chi connectivity index (χ1n) is 9.73. The zero-order valence-electron chi connectivity index (χ0n) is 17.3. The Morgan fingerprint density at radius 1 is 0.963 bits per heavy atom. The number of amides is 1. The fraction of sp³-hybridized carbons (Fsp3) is 0.458. The van der Waals surface area contributed by atoms with Gasteiger partial charge in [0.15, 0.2) is 0 Å². The van der Waals surface area contributed by atoms with Crippen molar-refractivity contribution in [1.29, 1.82) is 0 Å². The van der Waals surface area contributed by atoms with Crippen LogP contribution in [0.3, 0.4) is 0 Å². The molecule has 2 aromatic rings. The first-order valence-corrected chi connectivity index (χ1v) is 9.73. The lowest BCUT2D eigenvalue weighted by molar-refractivity contribution is 0.0933. The zero-order chi connectivity index (χ0) is 19.8. The zero-order valence-corrected chi connectivity index (χ0v) is 17.3. The van der Waals surface area contributed by atoms with Crippen LogP contribution >= 0.6 is 0 Å². The summed E-state index contributed by atoms with van der Waals surface area (Å²) in [5, 5.41) is 3.01. The van der Waals surface area contributed by atoms with Crippen molar-refractivity contribution in [3.05, 3.63) is 64.7 Å². The molecule has 144 valence electrons. The number of nitrogens with one attached hydrogen (secondary N) is 1. The molecule has 0 fully saturated rings. The van der Waals surface area contributed by atoms with Gasteiger partial charge in [0.05, 0.1) is 6.54 Å². The summed E-state index contributed by atoms with van der Waals surface area (Å²) in [6, 6.07) is 14.3. The molecule has 0 spiro atoms.